The van der Waals surface area contributed by atoms with E-state index < -0.39 is 10.0 Å². The van der Waals surface area contributed by atoms with Gasteiger partial charge >= 0.3 is 0 Å². The third-order valence-electron chi connectivity index (χ3n) is 5.31. The van der Waals surface area contributed by atoms with Crippen molar-refractivity contribution >= 4 is 27.5 Å². The lowest BCUT2D eigenvalue weighted by molar-refractivity contribution is 0.0729. The maximum Gasteiger partial charge on any atom is 0.251 e. The molecule has 7 nitrogen and oxygen atoms in total. The number of methoxy groups -OCH3 is 1. The quantitative estimate of drug-likeness (QED) is 0.677. The van der Waals surface area contributed by atoms with Crippen LogP contribution in [-0.4, -0.2) is 58.6 Å². The molecule has 0 atom stereocenters. The van der Waals surface area contributed by atoms with Crippen LogP contribution < -0.4 is 10.1 Å². The summed E-state index contributed by atoms with van der Waals surface area (Å²) in [6, 6.07) is 11.9. The molecule has 1 fully saturated rings. The number of morpholine rings is 1. The maximum absolute atomic E-state index is 13.1. The third kappa shape index (κ3) is 5.38. The number of amides is 1. The second-order valence-electron chi connectivity index (χ2n) is 7.96. The molecule has 9 heteroatoms. The van der Waals surface area contributed by atoms with Gasteiger partial charge in [-0.2, -0.15) is 4.31 Å². The van der Waals surface area contributed by atoms with E-state index in [0.717, 1.165) is 5.56 Å². The Morgan fingerprint density at radius 2 is 1.90 bits per heavy atom. The van der Waals surface area contributed by atoms with E-state index in [0.29, 0.717) is 24.8 Å². The fraction of sp³-hybridized carbons (Fsp3) is 0.409. The van der Waals surface area contributed by atoms with Crippen LogP contribution in [0.3, 0.4) is 0 Å². The Kier molecular flexibility index (Phi) is 7.26. The number of nitrogens with one attached hydrogen (secondary N) is 1. The zero-order valence-corrected chi connectivity index (χ0v) is 19.4. The minimum Gasteiger partial charge on any atom is -0.495 e. The Labute approximate surface area is 188 Å². The summed E-state index contributed by atoms with van der Waals surface area (Å²) in [4.78, 5) is 12.8. The maximum atomic E-state index is 13.1. The molecule has 0 aromatic heterocycles. The standard InChI is InChI=1S/C22H27ClN2O5S/c1-22(2,17-5-4-6-18(23)14-17)15-24-21(26)16-7-8-19(29-3)20(13-16)31(27,28)25-9-11-30-12-10-25/h4-8,13-14H,9-12,15H2,1-3H3,(H,24,26). The molecular weight excluding hydrogens is 440 g/mol. The molecule has 1 aliphatic rings. The molecule has 0 radical (unpaired) electrons. The van der Waals surface area contributed by atoms with Crippen molar-refractivity contribution in [3.8, 4) is 5.75 Å². The number of sulfonamides is 1. The van der Waals surface area contributed by atoms with Crippen LogP contribution in [0.1, 0.15) is 29.8 Å². The van der Waals surface area contributed by atoms with Crippen LogP contribution in [-0.2, 0) is 20.2 Å². The summed E-state index contributed by atoms with van der Waals surface area (Å²) in [5.41, 5.74) is 0.871. The molecule has 1 saturated heterocycles. The smallest absolute Gasteiger partial charge is 0.251 e. The summed E-state index contributed by atoms with van der Waals surface area (Å²) in [7, 11) is -2.41. The largest absolute Gasteiger partial charge is 0.495 e. The fourth-order valence-corrected chi connectivity index (χ4v) is 5.14. The van der Waals surface area contributed by atoms with E-state index in [9.17, 15) is 13.2 Å². The number of hydrogen-bond acceptors (Lipinski definition) is 5. The van der Waals surface area contributed by atoms with Crippen LogP contribution in [0.2, 0.25) is 5.02 Å². The third-order valence-corrected chi connectivity index (χ3v) is 7.47. The molecule has 2 aromatic rings. The molecule has 3 rings (SSSR count). The molecule has 1 aliphatic heterocycles. The summed E-state index contributed by atoms with van der Waals surface area (Å²) < 4.78 is 38.1. The van der Waals surface area contributed by atoms with E-state index in [1.54, 1.807) is 12.1 Å². The first kappa shape index (κ1) is 23.5. The topological polar surface area (TPSA) is 84.9 Å². The second-order valence-corrected chi connectivity index (χ2v) is 10.3. The van der Waals surface area contributed by atoms with Crippen molar-refractivity contribution in [3.05, 3.63) is 58.6 Å². The first-order chi connectivity index (χ1) is 14.6. The van der Waals surface area contributed by atoms with Crippen molar-refractivity contribution in [1.82, 2.24) is 9.62 Å². The minimum absolute atomic E-state index is 0.0290. The Hall–Kier alpha value is -2.13. The molecular formula is C22H27ClN2O5S. The van der Waals surface area contributed by atoms with Crippen LogP contribution >= 0.6 is 11.6 Å². The summed E-state index contributed by atoms with van der Waals surface area (Å²) in [5.74, 6) is -0.168. The van der Waals surface area contributed by atoms with Gasteiger partial charge in [0.2, 0.25) is 10.0 Å². The van der Waals surface area contributed by atoms with E-state index >= 15 is 0 Å². The molecule has 1 N–H and O–H groups in total. The normalized spacial score (nSPS) is 15.5. The van der Waals surface area contributed by atoms with Gasteiger partial charge in [-0.15, -0.1) is 0 Å². The van der Waals surface area contributed by atoms with Gasteiger partial charge in [0.15, 0.2) is 0 Å². The molecule has 0 bridgehead atoms. The molecule has 1 heterocycles. The monoisotopic (exact) mass is 466 g/mol. The molecule has 0 spiro atoms. The van der Waals surface area contributed by atoms with E-state index in [1.165, 1.54) is 23.5 Å². The zero-order valence-electron chi connectivity index (χ0n) is 17.9. The average Bonchev–Trinajstić information content (AvgIpc) is 2.77. The first-order valence-corrected chi connectivity index (χ1v) is 11.8. The van der Waals surface area contributed by atoms with E-state index in [1.807, 2.05) is 32.0 Å². The van der Waals surface area contributed by atoms with E-state index in [-0.39, 0.29) is 40.6 Å². The van der Waals surface area contributed by atoms with Gasteiger partial charge in [0, 0.05) is 35.6 Å². The van der Waals surface area contributed by atoms with Crippen LogP contribution in [0, 0.1) is 0 Å². The Morgan fingerprint density at radius 1 is 1.19 bits per heavy atom. The van der Waals surface area contributed by atoms with Crippen LogP contribution in [0.4, 0.5) is 0 Å². The van der Waals surface area contributed by atoms with Crippen LogP contribution in [0.25, 0.3) is 0 Å². The second kappa shape index (κ2) is 9.56. The highest BCUT2D eigenvalue weighted by Gasteiger charge is 2.30. The first-order valence-electron chi connectivity index (χ1n) is 9.95. The minimum atomic E-state index is -3.82. The van der Waals surface area contributed by atoms with Gasteiger partial charge in [-0.1, -0.05) is 37.6 Å². The van der Waals surface area contributed by atoms with Crippen LogP contribution in [0.5, 0.6) is 5.75 Å². The number of benzene rings is 2. The van der Waals surface area contributed by atoms with Crippen molar-refractivity contribution in [2.45, 2.75) is 24.2 Å². The number of ether oxygens (including phenoxy) is 2. The van der Waals surface area contributed by atoms with Gasteiger partial charge in [0.1, 0.15) is 10.6 Å². The predicted molar refractivity (Wildman–Crippen MR) is 119 cm³/mol. The molecule has 0 aliphatic carbocycles. The number of carbonyl (C=O) groups excluding carboxylic acids is 1. The predicted octanol–water partition coefficient (Wildman–Crippen LogP) is 3.08. The summed E-state index contributed by atoms with van der Waals surface area (Å²) in [5, 5.41) is 3.53. The Morgan fingerprint density at radius 3 is 2.55 bits per heavy atom. The van der Waals surface area contributed by atoms with Gasteiger partial charge < -0.3 is 14.8 Å². The van der Waals surface area contributed by atoms with Gasteiger partial charge in [-0.25, -0.2) is 8.42 Å². The van der Waals surface area contributed by atoms with Crippen molar-refractivity contribution in [2.24, 2.45) is 0 Å². The fourth-order valence-electron chi connectivity index (χ4n) is 3.36. The summed E-state index contributed by atoms with van der Waals surface area (Å²) >= 11 is 6.09. The molecule has 31 heavy (non-hydrogen) atoms. The van der Waals surface area contributed by atoms with Gasteiger partial charge in [-0.05, 0) is 35.9 Å². The molecule has 0 saturated carbocycles. The number of halogens is 1. The lowest BCUT2D eigenvalue weighted by Crippen LogP contribution is -2.41. The average molecular weight is 467 g/mol. The summed E-state index contributed by atoms with van der Waals surface area (Å²) in [6.07, 6.45) is 0. The van der Waals surface area contributed by atoms with Crippen molar-refractivity contribution in [1.29, 1.82) is 0 Å². The highest BCUT2D eigenvalue weighted by Crippen LogP contribution is 2.29. The Bertz CT molecular complexity index is 1050. The van der Waals surface area contributed by atoms with E-state index in [2.05, 4.69) is 5.32 Å². The number of hydrogen-bond donors (Lipinski definition) is 1. The van der Waals surface area contributed by atoms with Gasteiger partial charge in [0.25, 0.3) is 5.91 Å². The van der Waals surface area contributed by atoms with Crippen LogP contribution in [0.15, 0.2) is 47.4 Å². The van der Waals surface area contributed by atoms with Crippen molar-refractivity contribution in [3.63, 3.8) is 0 Å². The summed E-state index contributed by atoms with van der Waals surface area (Å²) in [6.45, 7) is 5.54. The van der Waals surface area contributed by atoms with Gasteiger partial charge in [0.05, 0.1) is 20.3 Å². The number of rotatable bonds is 7. The SMILES string of the molecule is COc1ccc(C(=O)NCC(C)(C)c2cccc(Cl)c2)cc1S(=O)(=O)N1CCOCC1. The highest BCUT2D eigenvalue weighted by molar-refractivity contribution is 7.89. The molecule has 168 valence electrons. The lowest BCUT2D eigenvalue weighted by Gasteiger charge is -2.27. The highest BCUT2D eigenvalue weighted by atomic mass is 35.5. The molecule has 1 amide bonds. The van der Waals surface area contributed by atoms with Gasteiger partial charge in [-0.3, -0.25) is 4.79 Å². The number of nitrogens with zero attached hydrogens (tertiary/aromatic N) is 1. The zero-order chi connectivity index (χ0) is 22.6. The number of carbonyl (C=O) groups is 1. The van der Waals surface area contributed by atoms with E-state index in [4.69, 9.17) is 21.1 Å². The van der Waals surface area contributed by atoms with Crippen molar-refractivity contribution < 1.29 is 22.7 Å². The molecule has 0 unspecified atom stereocenters. The lowest BCUT2D eigenvalue weighted by atomic mass is 9.84. The molecule has 2 aromatic carbocycles. The van der Waals surface area contributed by atoms with Crippen molar-refractivity contribution in [2.75, 3.05) is 40.0 Å². The Balaban J connectivity index is 1.81.